The molecule has 2 aliphatic carbocycles. The van der Waals surface area contributed by atoms with E-state index in [-0.39, 0.29) is 11.8 Å². The number of amides is 1. The number of carbonyl (C=O) groups is 1. The second-order valence-electron chi connectivity index (χ2n) is 10.4. The highest BCUT2D eigenvalue weighted by Crippen LogP contribution is 2.39. The summed E-state index contributed by atoms with van der Waals surface area (Å²) in [4.78, 5) is 13.9. The first-order valence-electron chi connectivity index (χ1n) is 13.3. The summed E-state index contributed by atoms with van der Waals surface area (Å²) in [5.41, 5.74) is 6.12. The first-order valence-corrected chi connectivity index (χ1v) is 14.4. The fourth-order valence-electron chi connectivity index (χ4n) is 6.08. The molecule has 0 radical (unpaired) electrons. The molecule has 0 unspecified atom stereocenters. The maximum Gasteiger partial charge on any atom is 0.272 e. The van der Waals surface area contributed by atoms with Crippen molar-refractivity contribution in [2.45, 2.75) is 56.6 Å². The first kappa shape index (κ1) is 26.4. The molecule has 6 rings (SSSR count). The smallest absolute Gasteiger partial charge is 0.272 e. The Morgan fingerprint density at radius 2 is 1.82 bits per heavy atom. The van der Waals surface area contributed by atoms with Crippen LogP contribution in [-0.4, -0.2) is 26.9 Å². The molecule has 0 aliphatic heterocycles. The topological polar surface area (TPSA) is 67.2 Å². The minimum atomic E-state index is -0.687. The Bertz CT molecular complexity index is 1550. The molecule has 0 bridgehead atoms. The molecule has 0 fully saturated rings. The van der Waals surface area contributed by atoms with E-state index in [9.17, 15) is 9.90 Å². The van der Waals surface area contributed by atoms with Gasteiger partial charge in [0, 0.05) is 27.9 Å². The molecule has 39 heavy (non-hydrogen) atoms. The van der Waals surface area contributed by atoms with Gasteiger partial charge in [-0.05, 0) is 72.7 Å². The van der Waals surface area contributed by atoms with Crippen molar-refractivity contribution in [1.82, 2.24) is 15.1 Å². The summed E-state index contributed by atoms with van der Waals surface area (Å²) in [6, 6.07) is 20.6. The van der Waals surface area contributed by atoms with Gasteiger partial charge in [-0.3, -0.25) is 4.79 Å². The van der Waals surface area contributed by atoms with Crippen molar-refractivity contribution in [3.05, 3.63) is 115 Å². The molecule has 4 aromatic rings. The summed E-state index contributed by atoms with van der Waals surface area (Å²) in [5.74, 6) is -0.182. The highest BCUT2D eigenvalue weighted by molar-refractivity contribution is 6.35. The van der Waals surface area contributed by atoms with Crippen molar-refractivity contribution in [2.75, 3.05) is 0 Å². The number of nitrogens with zero attached hydrogens (tertiary/aromatic N) is 2. The van der Waals surface area contributed by atoms with Crippen molar-refractivity contribution in [2.24, 2.45) is 0 Å². The molecule has 200 valence electrons. The summed E-state index contributed by atoms with van der Waals surface area (Å²) in [6.07, 6.45) is 4.26. The number of fused-ring (bicyclic) bond motifs is 2. The Hall–Kier alpha value is -2.83. The molecule has 8 heteroatoms. The lowest BCUT2D eigenvalue weighted by atomic mass is 9.91. The number of aromatic nitrogens is 2. The molecule has 1 aromatic heterocycles. The van der Waals surface area contributed by atoms with Crippen LogP contribution < -0.4 is 5.32 Å². The van der Waals surface area contributed by atoms with Crippen molar-refractivity contribution in [3.63, 3.8) is 0 Å². The number of rotatable bonds is 5. The van der Waals surface area contributed by atoms with Gasteiger partial charge in [-0.2, -0.15) is 5.10 Å². The zero-order valence-electron chi connectivity index (χ0n) is 21.2. The highest BCUT2D eigenvalue weighted by Gasteiger charge is 2.35. The van der Waals surface area contributed by atoms with Gasteiger partial charge in [-0.25, -0.2) is 4.68 Å². The Balaban J connectivity index is 1.44. The SMILES string of the molecule is O=C(N[C@@H]1c2ccccc2C[C@@H]1O)c1nn(-c2ccc(Cl)cc2Cl)c2c1CCCC[C@H]2Cc1cccc(Cl)c1. The normalized spacial score (nSPS) is 20.3. The van der Waals surface area contributed by atoms with Gasteiger partial charge in [-0.15, -0.1) is 0 Å². The van der Waals surface area contributed by atoms with E-state index < -0.39 is 12.1 Å². The Labute approximate surface area is 242 Å². The standard InChI is InChI=1S/C31H28Cl3N3O2/c32-21-9-5-6-18(15-21)14-20-8-2-4-11-24-29(36-37(30(20)24)26-13-12-22(33)17-25(26)34)31(39)35-28-23-10-3-1-7-19(23)16-27(28)38/h1,3,5-7,9-10,12-13,15,17,20,27-28,38H,2,4,8,11,14,16H2,(H,35,39)/t20-,27-,28+/m0/s1. The van der Waals surface area contributed by atoms with Gasteiger partial charge in [0.25, 0.3) is 5.91 Å². The van der Waals surface area contributed by atoms with Crippen LogP contribution in [0.5, 0.6) is 0 Å². The quantitative estimate of drug-likeness (QED) is 0.244. The summed E-state index contributed by atoms with van der Waals surface area (Å²) in [5, 5.41) is 20.5. The van der Waals surface area contributed by atoms with Gasteiger partial charge in [0.15, 0.2) is 5.69 Å². The molecule has 2 aliphatic rings. The van der Waals surface area contributed by atoms with Gasteiger partial charge in [-0.1, -0.05) is 77.6 Å². The molecule has 2 N–H and O–H groups in total. The van der Waals surface area contributed by atoms with Crippen LogP contribution in [0.25, 0.3) is 5.69 Å². The van der Waals surface area contributed by atoms with E-state index in [1.54, 1.807) is 12.1 Å². The fourth-order valence-corrected chi connectivity index (χ4v) is 6.78. The molecule has 5 nitrogen and oxygen atoms in total. The number of benzene rings is 3. The van der Waals surface area contributed by atoms with Crippen LogP contribution in [0.1, 0.15) is 69.7 Å². The molecule has 0 spiro atoms. The number of nitrogens with one attached hydrogen (secondary N) is 1. The van der Waals surface area contributed by atoms with E-state index in [0.29, 0.717) is 32.9 Å². The number of carbonyl (C=O) groups excluding carboxylic acids is 1. The zero-order valence-corrected chi connectivity index (χ0v) is 23.5. The zero-order chi connectivity index (χ0) is 27.1. The second kappa shape index (κ2) is 11.0. The lowest BCUT2D eigenvalue weighted by Crippen LogP contribution is -2.34. The van der Waals surface area contributed by atoms with Crippen molar-refractivity contribution in [3.8, 4) is 5.69 Å². The predicted molar refractivity (Wildman–Crippen MR) is 155 cm³/mol. The summed E-state index contributed by atoms with van der Waals surface area (Å²) >= 11 is 19.2. The van der Waals surface area contributed by atoms with Crippen molar-refractivity contribution >= 4 is 40.7 Å². The number of aliphatic hydroxyl groups excluding tert-OH is 1. The summed E-state index contributed by atoms with van der Waals surface area (Å²) < 4.78 is 1.84. The van der Waals surface area contributed by atoms with E-state index in [0.717, 1.165) is 60.1 Å². The Kier molecular flexibility index (Phi) is 7.43. The molecule has 3 aromatic carbocycles. The number of aliphatic hydroxyl groups is 1. The molecule has 0 saturated heterocycles. The number of halogens is 3. The van der Waals surface area contributed by atoms with Crippen molar-refractivity contribution in [1.29, 1.82) is 0 Å². The monoisotopic (exact) mass is 579 g/mol. The van der Waals surface area contributed by atoms with Gasteiger partial charge in [0.1, 0.15) is 0 Å². The van der Waals surface area contributed by atoms with Gasteiger partial charge in [0.2, 0.25) is 0 Å². The molecular weight excluding hydrogens is 553 g/mol. The van der Waals surface area contributed by atoms with E-state index >= 15 is 0 Å². The van der Waals surface area contributed by atoms with Crippen LogP contribution in [0.15, 0.2) is 66.7 Å². The third kappa shape index (κ3) is 5.21. The minimum Gasteiger partial charge on any atom is -0.390 e. The molecule has 0 saturated carbocycles. The molecule has 3 atom stereocenters. The van der Waals surface area contributed by atoms with Crippen LogP contribution >= 0.6 is 34.8 Å². The van der Waals surface area contributed by atoms with E-state index in [2.05, 4.69) is 11.4 Å². The van der Waals surface area contributed by atoms with Gasteiger partial charge < -0.3 is 10.4 Å². The largest absolute Gasteiger partial charge is 0.390 e. The van der Waals surface area contributed by atoms with Crippen LogP contribution in [0, 0.1) is 0 Å². The molecular formula is C31H28Cl3N3O2. The Morgan fingerprint density at radius 3 is 2.64 bits per heavy atom. The van der Waals surface area contributed by atoms with E-state index in [1.165, 1.54) is 0 Å². The number of hydrogen-bond acceptors (Lipinski definition) is 3. The van der Waals surface area contributed by atoms with E-state index in [4.69, 9.17) is 39.9 Å². The van der Waals surface area contributed by atoms with Crippen LogP contribution in [0.2, 0.25) is 15.1 Å². The lowest BCUT2D eigenvalue weighted by Gasteiger charge is -2.19. The van der Waals surface area contributed by atoms with E-state index in [1.807, 2.05) is 53.2 Å². The van der Waals surface area contributed by atoms with Crippen LogP contribution in [0.4, 0.5) is 0 Å². The van der Waals surface area contributed by atoms with Gasteiger partial charge in [0.05, 0.1) is 28.5 Å². The van der Waals surface area contributed by atoms with Gasteiger partial charge >= 0.3 is 0 Å². The lowest BCUT2D eigenvalue weighted by molar-refractivity contribution is 0.0852. The molecule has 1 amide bonds. The van der Waals surface area contributed by atoms with Crippen molar-refractivity contribution < 1.29 is 9.90 Å². The van der Waals surface area contributed by atoms with Crippen LogP contribution in [-0.2, 0) is 19.3 Å². The fraction of sp³-hybridized carbons (Fsp3) is 0.290. The van der Waals surface area contributed by atoms with Crippen LogP contribution in [0.3, 0.4) is 0 Å². The highest BCUT2D eigenvalue weighted by atomic mass is 35.5. The third-order valence-corrected chi connectivity index (χ3v) is 8.63. The summed E-state index contributed by atoms with van der Waals surface area (Å²) in [7, 11) is 0. The summed E-state index contributed by atoms with van der Waals surface area (Å²) in [6.45, 7) is 0. The first-order chi connectivity index (χ1) is 18.9. The predicted octanol–water partition coefficient (Wildman–Crippen LogP) is 7.27. The Morgan fingerprint density at radius 1 is 1.00 bits per heavy atom. The maximum absolute atomic E-state index is 13.9. The molecule has 1 heterocycles. The maximum atomic E-state index is 13.9. The average molecular weight is 581 g/mol. The third-order valence-electron chi connectivity index (χ3n) is 7.85. The average Bonchev–Trinajstić information content (AvgIpc) is 3.35. The number of hydrogen-bond donors (Lipinski definition) is 2. The minimum absolute atomic E-state index is 0.111. The second-order valence-corrected chi connectivity index (χ2v) is 11.7.